The van der Waals surface area contributed by atoms with Gasteiger partial charge in [-0.15, -0.1) is 0 Å². The number of H-pyrrole nitrogens is 2. The van der Waals surface area contributed by atoms with Gasteiger partial charge in [-0.25, -0.2) is 9.97 Å². The minimum absolute atomic E-state index is 0.136. The fourth-order valence-electron chi connectivity index (χ4n) is 4.91. The Kier molecular flexibility index (Phi) is 5.74. The van der Waals surface area contributed by atoms with Gasteiger partial charge in [0.2, 0.25) is 0 Å². The number of benzene rings is 2. The first-order valence-corrected chi connectivity index (χ1v) is 12.2. The standard InChI is InChI=1S/C27H22F3N7O2/c28-27(29,30)17-4-3-9-32-24(17)36-10-12-37(13-11-36)26(39)15-7-8-18-16(14-15)21(31)22(33-18)23-25(38)35-20-6-2-1-5-19(20)34-23/h1-9,14,33H,10-13,31H2,(H,35,38). The Bertz CT molecular complexity index is 1790. The van der Waals surface area contributed by atoms with Crippen LogP contribution in [0.5, 0.6) is 0 Å². The van der Waals surface area contributed by atoms with Gasteiger partial charge in [-0.3, -0.25) is 9.59 Å². The van der Waals surface area contributed by atoms with E-state index in [-0.39, 0.29) is 49.3 Å². The van der Waals surface area contributed by atoms with Crippen LogP contribution in [-0.4, -0.2) is 56.9 Å². The molecular weight excluding hydrogens is 511 g/mol. The second kappa shape index (κ2) is 9.15. The lowest BCUT2D eigenvalue weighted by atomic mass is 10.1. The predicted molar refractivity (Wildman–Crippen MR) is 141 cm³/mol. The molecule has 1 aliphatic heterocycles. The average Bonchev–Trinajstić information content (AvgIpc) is 3.27. The molecule has 0 radical (unpaired) electrons. The molecule has 39 heavy (non-hydrogen) atoms. The van der Waals surface area contributed by atoms with Gasteiger partial charge in [0.05, 0.1) is 28.0 Å². The Balaban J connectivity index is 1.25. The highest BCUT2D eigenvalue weighted by Crippen LogP contribution is 2.36. The molecule has 4 N–H and O–H groups in total. The molecule has 0 saturated carbocycles. The number of fused-ring (bicyclic) bond motifs is 2. The van der Waals surface area contributed by atoms with Crippen molar-refractivity contribution in [3.8, 4) is 11.4 Å². The molecule has 0 unspecified atom stereocenters. The van der Waals surface area contributed by atoms with E-state index in [2.05, 4.69) is 19.9 Å². The van der Waals surface area contributed by atoms with Gasteiger partial charge in [-0.2, -0.15) is 13.2 Å². The maximum absolute atomic E-state index is 13.4. The number of halogens is 3. The SMILES string of the molecule is Nc1c(-c2nc3ccccc3[nH]c2=O)[nH]c2ccc(C(=O)N3CCN(c4ncccc4C(F)(F)F)CC3)cc12. The number of nitrogen functional groups attached to an aromatic ring is 1. The van der Waals surface area contributed by atoms with Gasteiger partial charge in [0.25, 0.3) is 11.5 Å². The summed E-state index contributed by atoms with van der Waals surface area (Å²) in [5.74, 6) is -0.402. The fourth-order valence-corrected chi connectivity index (χ4v) is 4.91. The van der Waals surface area contributed by atoms with Crippen molar-refractivity contribution in [2.75, 3.05) is 36.8 Å². The number of carbonyl (C=O) groups is 1. The molecule has 2 aromatic carbocycles. The molecule has 9 nitrogen and oxygen atoms in total. The zero-order valence-corrected chi connectivity index (χ0v) is 20.4. The molecule has 5 aromatic rings. The summed E-state index contributed by atoms with van der Waals surface area (Å²) in [6, 6.07) is 14.4. The van der Waals surface area contributed by atoms with E-state index in [0.29, 0.717) is 33.2 Å². The van der Waals surface area contributed by atoms with Crippen molar-refractivity contribution in [3.63, 3.8) is 0 Å². The van der Waals surface area contributed by atoms with Crippen LogP contribution in [0.3, 0.4) is 0 Å². The van der Waals surface area contributed by atoms with E-state index in [1.54, 1.807) is 46.2 Å². The van der Waals surface area contributed by atoms with Crippen molar-refractivity contribution in [2.45, 2.75) is 6.18 Å². The Morgan fingerprint density at radius 1 is 0.949 bits per heavy atom. The maximum atomic E-state index is 13.4. The zero-order valence-electron chi connectivity index (χ0n) is 20.4. The number of hydrogen-bond donors (Lipinski definition) is 3. The molecule has 1 saturated heterocycles. The third-order valence-corrected chi connectivity index (χ3v) is 6.88. The second-order valence-corrected chi connectivity index (χ2v) is 9.26. The molecule has 12 heteroatoms. The lowest BCUT2D eigenvalue weighted by molar-refractivity contribution is -0.137. The molecule has 1 aliphatic rings. The molecular formula is C27H22F3N7O2. The molecule has 6 rings (SSSR count). The highest BCUT2D eigenvalue weighted by atomic mass is 19.4. The largest absolute Gasteiger partial charge is 0.419 e. The molecule has 1 fully saturated rings. The molecule has 198 valence electrons. The lowest BCUT2D eigenvalue weighted by Gasteiger charge is -2.36. The molecule has 1 amide bonds. The van der Waals surface area contributed by atoms with Crippen molar-refractivity contribution in [1.29, 1.82) is 0 Å². The molecule has 3 aromatic heterocycles. The van der Waals surface area contributed by atoms with Gasteiger partial charge in [-0.1, -0.05) is 12.1 Å². The fraction of sp³-hybridized carbons (Fsp3) is 0.185. The summed E-state index contributed by atoms with van der Waals surface area (Å²) in [5.41, 5.74) is 8.20. The third kappa shape index (κ3) is 4.33. The number of carbonyl (C=O) groups excluding carboxylic acids is 1. The number of aromatic nitrogens is 4. The van der Waals surface area contributed by atoms with E-state index in [1.165, 1.54) is 12.3 Å². The van der Waals surface area contributed by atoms with E-state index in [1.807, 2.05) is 6.07 Å². The number of rotatable bonds is 3. The van der Waals surface area contributed by atoms with Crippen LogP contribution in [0.25, 0.3) is 33.3 Å². The quantitative estimate of drug-likeness (QED) is 0.322. The van der Waals surface area contributed by atoms with Crippen molar-refractivity contribution >= 4 is 39.3 Å². The predicted octanol–water partition coefficient (Wildman–Crippen LogP) is 4.03. The molecule has 0 bridgehead atoms. The van der Waals surface area contributed by atoms with Crippen LogP contribution in [0.1, 0.15) is 15.9 Å². The van der Waals surface area contributed by atoms with Crippen LogP contribution < -0.4 is 16.2 Å². The lowest BCUT2D eigenvalue weighted by Crippen LogP contribution is -2.49. The molecule has 0 aliphatic carbocycles. The van der Waals surface area contributed by atoms with Crippen molar-refractivity contribution in [1.82, 2.24) is 24.8 Å². The highest BCUT2D eigenvalue weighted by Gasteiger charge is 2.36. The van der Waals surface area contributed by atoms with Crippen LogP contribution in [0.2, 0.25) is 0 Å². The number of piperazine rings is 1. The first-order valence-electron chi connectivity index (χ1n) is 12.2. The number of nitrogens with one attached hydrogen (secondary N) is 2. The zero-order chi connectivity index (χ0) is 27.3. The number of para-hydroxylation sites is 2. The highest BCUT2D eigenvalue weighted by molar-refractivity contribution is 6.04. The molecule has 0 atom stereocenters. The summed E-state index contributed by atoms with van der Waals surface area (Å²) >= 11 is 0. The van der Waals surface area contributed by atoms with E-state index in [4.69, 9.17) is 5.73 Å². The monoisotopic (exact) mass is 533 g/mol. The van der Waals surface area contributed by atoms with E-state index < -0.39 is 17.3 Å². The number of pyridine rings is 1. The summed E-state index contributed by atoms with van der Waals surface area (Å²) in [5, 5.41) is 0.562. The van der Waals surface area contributed by atoms with Crippen LogP contribution >= 0.6 is 0 Å². The van der Waals surface area contributed by atoms with Gasteiger partial charge in [0.15, 0.2) is 5.69 Å². The van der Waals surface area contributed by atoms with Crippen LogP contribution in [0.15, 0.2) is 65.6 Å². The number of nitrogens with two attached hydrogens (primary N) is 1. The van der Waals surface area contributed by atoms with E-state index >= 15 is 0 Å². The smallest absolute Gasteiger partial charge is 0.396 e. The van der Waals surface area contributed by atoms with Crippen LogP contribution in [-0.2, 0) is 6.18 Å². The normalized spacial score (nSPS) is 14.3. The van der Waals surface area contributed by atoms with Crippen molar-refractivity contribution < 1.29 is 18.0 Å². The Morgan fingerprint density at radius 3 is 2.49 bits per heavy atom. The van der Waals surface area contributed by atoms with Crippen molar-refractivity contribution in [2.24, 2.45) is 0 Å². The van der Waals surface area contributed by atoms with Gasteiger partial charge in [0.1, 0.15) is 5.82 Å². The first kappa shape index (κ1) is 24.5. The Labute approximate surface area is 219 Å². The maximum Gasteiger partial charge on any atom is 0.419 e. The van der Waals surface area contributed by atoms with E-state index in [9.17, 15) is 22.8 Å². The van der Waals surface area contributed by atoms with Crippen LogP contribution in [0.4, 0.5) is 24.7 Å². The number of anilines is 2. The number of nitrogens with zero attached hydrogens (tertiary/aromatic N) is 4. The first-order chi connectivity index (χ1) is 18.7. The van der Waals surface area contributed by atoms with Gasteiger partial charge < -0.3 is 25.5 Å². The van der Waals surface area contributed by atoms with Gasteiger partial charge in [0, 0.05) is 48.8 Å². The third-order valence-electron chi connectivity index (χ3n) is 6.88. The minimum Gasteiger partial charge on any atom is -0.396 e. The van der Waals surface area contributed by atoms with Gasteiger partial charge in [-0.05, 0) is 42.5 Å². The number of amides is 1. The minimum atomic E-state index is -4.52. The van der Waals surface area contributed by atoms with Gasteiger partial charge >= 0.3 is 6.18 Å². The number of aromatic amines is 2. The molecule has 4 heterocycles. The summed E-state index contributed by atoms with van der Waals surface area (Å²) in [7, 11) is 0. The summed E-state index contributed by atoms with van der Waals surface area (Å²) in [4.78, 5) is 43.5. The summed E-state index contributed by atoms with van der Waals surface area (Å²) < 4.78 is 40.3. The summed E-state index contributed by atoms with van der Waals surface area (Å²) in [6.45, 7) is 0.881. The Morgan fingerprint density at radius 2 is 1.72 bits per heavy atom. The number of alkyl halides is 3. The molecule has 0 spiro atoms. The second-order valence-electron chi connectivity index (χ2n) is 9.26. The van der Waals surface area contributed by atoms with Crippen molar-refractivity contribution in [3.05, 3.63) is 82.3 Å². The van der Waals surface area contributed by atoms with Crippen LogP contribution in [0, 0.1) is 0 Å². The average molecular weight is 534 g/mol. The number of hydrogen-bond acceptors (Lipinski definition) is 6. The Hall–Kier alpha value is -4.87. The topological polar surface area (TPSA) is 124 Å². The summed E-state index contributed by atoms with van der Waals surface area (Å²) in [6.07, 6.45) is -3.19. The van der Waals surface area contributed by atoms with E-state index in [0.717, 1.165) is 6.07 Å².